The second kappa shape index (κ2) is 6.21. The number of rotatable bonds is 4. The third-order valence-corrected chi connectivity index (χ3v) is 3.46. The standard InChI is InChI=1S/C13H13BrClN3O/c1-16-12(19)3-5-17-11-2-4-18-13-9(11)6-8(14)7-10(13)15/h2,4,6-7H,3,5H2,1H3,(H,16,19)(H,17,18). The molecule has 1 amide bonds. The van der Waals surface area contributed by atoms with Gasteiger partial charge in [-0.05, 0) is 18.2 Å². The van der Waals surface area contributed by atoms with Crippen molar-refractivity contribution >= 4 is 50.0 Å². The maximum atomic E-state index is 11.2. The van der Waals surface area contributed by atoms with E-state index >= 15 is 0 Å². The first-order chi connectivity index (χ1) is 9.11. The van der Waals surface area contributed by atoms with Crippen molar-refractivity contribution in [1.82, 2.24) is 10.3 Å². The number of pyridine rings is 1. The van der Waals surface area contributed by atoms with E-state index < -0.39 is 0 Å². The maximum Gasteiger partial charge on any atom is 0.221 e. The lowest BCUT2D eigenvalue weighted by Crippen LogP contribution is -2.20. The topological polar surface area (TPSA) is 54.0 Å². The van der Waals surface area contributed by atoms with Crippen LogP contribution in [0.5, 0.6) is 0 Å². The molecule has 0 aliphatic heterocycles. The molecule has 4 nitrogen and oxygen atoms in total. The zero-order valence-electron chi connectivity index (χ0n) is 10.3. The molecular formula is C13H13BrClN3O. The Morgan fingerprint density at radius 2 is 2.26 bits per heavy atom. The summed E-state index contributed by atoms with van der Waals surface area (Å²) in [6.45, 7) is 0.558. The molecule has 1 aromatic heterocycles. The van der Waals surface area contributed by atoms with Crippen LogP contribution in [0.25, 0.3) is 10.9 Å². The summed E-state index contributed by atoms with van der Waals surface area (Å²) in [6, 6.07) is 5.64. The van der Waals surface area contributed by atoms with Gasteiger partial charge in [0.15, 0.2) is 0 Å². The molecular weight excluding hydrogens is 330 g/mol. The number of fused-ring (bicyclic) bond motifs is 1. The largest absolute Gasteiger partial charge is 0.384 e. The minimum absolute atomic E-state index is 0.00470. The number of nitrogens with one attached hydrogen (secondary N) is 2. The summed E-state index contributed by atoms with van der Waals surface area (Å²) in [5, 5.41) is 7.34. The van der Waals surface area contributed by atoms with E-state index in [0.717, 1.165) is 21.1 Å². The van der Waals surface area contributed by atoms with Crippen LogP contribution in [0.2, 0.25) is 5.02 Å². The van der Waals surface area contributed by atoms with Crippen molar-refractivity contribution in [3.63, 3.8) is 0 Å². The molecule has 2 aromatic rings. The number of amides is 1. The molecule has 2 N–H and O–H groups in total. The fourth-order valence-electron chi connectivity index (χ4n) is 1.77. The van der Waals surface area contributed by atoms with Crippen LogP contribution in [0.4, 0.5) is 5.69 Å². The molecule has 0 saturated heterocycles. The van der Waals surface area contributed by atoms with Crippen molar-refractivity contribution in [1.29, 1.82) is 0 Å². The molecule has 0 spiro atoms. The van der Waals surface area contributed by atoms with Crippen LogP contribution in [0.3, 0.4) is 0 Å². The average molecular weight is 343 g/mol. The lowest BCUT2D eigenvalue weighted by atomic mass is 10.2. The van der Waals surface area contributed by atoms with Gasteiger partial charge in [-0.25, -0.2) is 0 Å². The van der Waals surface area contributed by atoms with Gasteiger partial charge >= 0.3 is 0 Å². The third-order valence-electron chi connectivity index (χ3n) is 2.71. The number of carbonyl (C=O) groups is 1. The van der Waals surface area contributed by atoms with Crippen molar-refractivity contribution in [2.45, 2.75) is 6.42 Å². The van der Waals surface area contributed by atoms with Gasteiger partial charge in [-0.15, -0.1) is 0 Å². The first kappa shape index (κ1) is 14.1. The number of halogens is 2. The summed E-state index contributed by atoms with van der Waals surface area (Å²) < 4.78 is 0.896. The Bertz CT molecular complexity index is 618. The monoisotopic (exact) mass is 341 g/mol. The Balaban J connectivity index is 2.26. The van der Waals surface area contributed by atoms with E-state index in [1.807, 2.05) is 18.2 Å². The van der Waals surface area contributed by atoms with Gasteiger partial charge < -0.3 is 10.6 Å². The van der Waals surface area contributed by atoms with Crippen LogP contribution >= 0.6 is 27.5 Å². The molecule has 0 fully saturated rings. The highest BCUT2D eigenvalue weighted by atomic mass is 79.9. The normalized spacial score (nSPS) is 10.5. The Morgan fingerprint density at radius 1 is 1.47 bits per heavy atom. The molecule has 2 rings (SSSR count). The highest BCUT2D eigenvalue weighted by molar-refractivity contribution is 9.10. The third kappa shape index (κ3) is 3.36. The van der Waals surface area contributed by atoms with Crippen LogP contribution in [0.1, 0.15) is 6.42 Å². The Labute approximate surface area is 124 Å². The molecule has 0 atom stereocenters. The second-order valence-corrected chi connectivity index (χ2v) is 5.32. The van der Waals surface area contributed by atoms with E-state index in [1.165, 1.54) is 0 Å². The van der Waals surface area contributed by atoms with Crippen LogP contribution in [0.15, 0.2) is 28.9 Å². The van der Waals surface area contributed by atoms with Crippen LogP contribution in [-0.4, -0.2) is 24.5 Å². The molecule has 1 heterocycles. The summed E-state index contributed by atoms with van der Waals surface area (Å²) in [4.78, 5) is 15.5. The number of carbonyl (C=O) groups excluding carboxylic acids is 1. The van der Waals surface area contributed by atoms with Crippen LogP contribution < -0.4 is 10.6 Å². The summed E-state index contributed by atoms with van der Waals surface area (Å²) >= 11 is 9.57. The Hall–Kier alpha value is -1.33. The fraction of sp³-hybridized carbons (Fsp3) is 0.231. The van der Waals surface area contributed by atoms with Crippen molar-refractivity contribution in [2.75, 3.05) is 18.9 Å². The van der Waals surface area contributed by atoms with Gasteiger partial charge in [0.05, 0.1) is 10.5 Å². The molecule has 1 aromatic carbocycles. The molecule has 19 heavy (non-hydrogen) atoms. The summed E-state index contributed by atoms with van der Waals surface area (Å²) in [7, 11) is 1.63. The number of aromatic nitrogens is 1. The molecule has 6 heteroatoms. The van der Waals surface area contributed by atoms with Gasteiger partial charge in [0.25, 0.3) is 0 Å². The first-order valence-corrected chi connectivity index (χ1v) is 6.97. The SMILES string of the molecule is CNC(=O)CCNc1ccnc2c(Cl)cc(Br)cc12. The van der Waals surface area contributed by atoms with Crippen molar-refractivity contribution in [3.05, 3.63) is 33.9 Å². The van der Waals surface area contributed by atoms with Gasteiger partial charge in [0, 0.05) is 41.8 Å². The van der Waals surface area contributed by atoms with E-state index in [9.17, 15) is 4.79 Å². The zero-order valence-corrected chi connectivity index (χ0v) is 12.7. The average Bonchev–Trinajstić information content (AvgIpc) is 2.39. The van der Waals surface area contributed by atoms with E-state index in [2.05, 4.69) is 31.5 Å². The first-order valence-electron chi connectivity index (χ1n) is 5.80. The fourth-order valence-corrected chi connectivity index (χ4v) is 2.63. The van der Waals surface area contributed by atoms with Gasteiger partial charge in [-0.2, -0.15) is 0 Å². The molecule has 0 aliphatic rings. The van der Waals surface area contributed by atoms with E-state index in [4.69, 9.17) is 11.6 Å². The zero-order chi connectivity index (χ0) is 13.8. The molecule has 100 valence electrons. The minimum Gasteiger partial charge on any atom is -0.384 e. The summed E-state index contributed by atoms with van der Waals surface area (Å²) in [5.74, 6) is 0.00470. The molecule has 0 unspecified atom stereocenters. The van der Waals surface area contributed by atoms with Crippen LogP contribution in [0, 0.1) is 0 Å². The summed E-state index contributed by atoms with van der Waals surface area (Å²) in [5.41, 5.74) is 1.66. The van der Waals surface area contributed by atoms with Crippen molar-refractivity contribution in [3.8, 4) is 0 Å². The lowest BCUT2D eigenvalue weighted by Gasteiger charge is -2.10. The maximum absolute atomic E-state index is 11.2. The molecule has 0 bridgehead atoms. The van der Waals surface area contributed by atoms with Gasteiger partial charge in [-0.3, -0.25) is 9.78 Å². The predicted molar refractivity (Wildman–Crippen MR) is 81.6 cm³/mol. The van der Waals surface area contributed by atoms with Crippen molar-refractivity contribution < 1.29 is 4.79 Å². The van der Waals surface area contributed by atoms with E-state index in [-0.39, 0.29) is 5.91 Å². The van der Waals surface area contributed by atoms with Crippen molar-refractivity contribution in [2.24, 2.45) is 0 Å². The number of benzene rings is 1. The number of nitrogens with zero attached hydrogens (tertiary/aromatic N) is 1. The van der Waals surface area contributed by atoms with E-state index in [1.54, 1.807) is 13.2 Å². The minimum atomic E-state index is 0.00470. The smallest absolute Gasteiger partial charge is 0.221 e. The van der Waals surface area contributed by atoms with Gasteiger partial charge in [0.1, 0.15) is 0 Å². The highest BCUT2D eigenvalue weighted by Gasteiger charge is 2.07. The quantitative estimate of drug-likeness (QED) is 0.897. The Morgan fingerprint density at radius 3 is 3.00 bits per heavy atom. The lowest BCUT2D eigenvalue weighted by molar-refractivity contribution is -0.120. The number of hydrogen-bond acceptors (Lipinski definition) is 3. The highest BCUT2D eigenvalue weighted by Crippen LogP contribution is 2.30. The molecule has 0 aliphatic carbocycles. The van der Waals surface area contributed by atoms with Crippen LogP contribution in [-0.2, 0) is 4.79 Å². The Kier molecular flexibility index (Phi) is 4.61. The summed E-state index contributed by atoms with van der Waals surface area (Å²) in [6.07, 6.45) is 2.12. The molecule has 0 radical (unpaired) electrons. The number of hydrogen-bond donors (Lipinski definition) is 2. The molecule has 0 saturated carbocycles. The second-order valence-electron chi connectivity index (χ2n) is 3.99. The number of anilines is 1. The van der Waals surface area contributed by atoms with E-state index in [0.29, 0.717) is 18.0 Å². The van der Waals surface area contributed by atoms with Gasteiger partial charge in [0.2, 0.25) is 5.91 Å². The van der Waals surface area contributed by atoms with Gasteiger partial charge in [-0.1, -0.05) is 27.5 Å². The predicted octanol–water partition coefficient (Wildman–Crippen LogP) is 3.20.